The van der Waals surface area contributed by atoms with Crippen molar-refractivity contribution in [1.82, 2.24) is 25.9 Å². The lowest BCUT2D eigenvalue weighted by Gasteiger charge is -2.34. The molecule has 2 aliphatic rings. The van der Waals surface area contributed by atoms with Gasteiger partial charge in [-0.2, -0.15) is 0 Å². The van der Waals surface area contributed by atoms with Gasteiger partial charge in [0.2, 0.25) is 17.7 Å². The van der Waals surface area contributed by atoms with Crippen LogP contribution in [0.3, 0.4) is 0 Å². The van der Waals surface area contributed by atoms with E-state index in [0.29, 0.717) is 45.5 Å². The van der Waals surface area contributed by atoms with Crippen molar-refractivity contribution in [3.63, 3.8) is 0 Å². The molecule has 111 heavy (non-hydrogen) atoms. The number of aryl methyl sites for hydroxylation is 4. The Morgan fingerprint density at radius 1 is 0.495 bits per heavy atom. The highest BCUT2D eigenvalue weighted by atomic mass is 35.5. The summed E-state index contributed by atoms with van der Waals surface area (Å²) in [5, 5.41) is 64.0. The van der Waals surface area contributed by atoms with Gasteiger partial charge in [0.25, 0.3) is 0 Å². The summed E-state index contributed by atoms with van der Waals surface area (Å²) in [6, 6.07) is 50.5. The summed E-state index contributed by atoms with van der Waals surface area (Å²) in [7, 11) is 2.54. The maximum absolute atomic E-state index is 14.3. The van der Waals surface area contributed by atoms with E-state index in [1.165, 1.54) is 14.2 Å². The highest BCUT2D eigenvalue weighted by Gasteiger charge is 2.40. The fraction of sp³-hybridized carbons (Fsp3) is 0.409. The van der Waals surface area contributed by atoms with Crippen molar-refractivity contribution < 1.29 is 73.2 Å². The van der Waals surface area contributed by atoms with E-state index in [0.717, 1.165) is 67.3 Å². The number of esters is 2. The summed E-state index contributed by atoms with van der Waals surface area (Å²) >= 11 is 12.6. The normalized spacial score (nSPS) is 17.3. The number of para-hydroxylation sites is 2. The third-order valence-electron chi connectivity index (χ3n) is 20.1. The molecule has 0 bridgehead atoms. The number of amides is 3. The Morgan fingerprint density at radius 3 is 1.27 bits per heavy atom. The lowest BCUT2D eigenvalue weighted by atomic mass is 9.77. The quantitative estimate of drug-likeness (QED) is 0.0216. The molecule has 21 nitrogen and oxygen atoms in total. The highest BCUT2D eigenvalue weighted by molar-refractivity contribution is 6.31. The first-order valence-corrected chi connectivity index (χ1v) is 38.1. The molecule has 0 spiro atoms. The van der Waals surface area contributed by atoms with E-state index >= 15 is 0 Å². The van der Waals surface area contributed by atoms with E-state index in [1.807, 2.05) is 158 Å². The number of ether oxygens (including phenoxy) is 4. The van der Waals surface area contributed by atoms with E-state index in [-0.39, 0.29) is 63.6 Å². The molecule has 23 heteroatoms. The van der Waals surface area contributed by atoms with Gasteiger partial charge in [-0.1, -0.05) is 174 Å². The number of aliphatic carboxylic acids is 1. The van der Waals surface area contributed by atoms with Crippen LogP contribution in [0.15, 0.2) is 170 Å². The van der Waals surface area contributed by atoms with Gasteiger partial charge in [0.15, 0.2) is 0 Å². The molecule has 8 aromatic rings. The molecular formula is C88H106Cl2N6O15. The van der Waals surface area contributed by atoms with E-state index in [9.17, 15) is 49.2 Å². The van der Waals surface area contributed by atoms with Gasteiger partial charge in [0.05, 0.1) is 69.2 Å². The molecule has 3 amide bonds. The molecule has 0 radical (unpaired) electrons. The second kappa shape index (κ2) is 40.1. The number of aromatic nitrogens is 2. The molecule has 6 aromatic carbocycles. The van der Waals surface area contributed by atoms with Crippen LogP contribution in [0.5, 0.6) is 11.5 Å². The van der Waals surface area contributed by atoms with Crippen molar-refractivity contribution in [2.75, 3.05) is 27.4 Å². The number of carbonyl (C=O) groups excluding carboxylic acids is 5. The summed E-state index contributed by atoms with van der Waals surface area (Å²) < 4.78 is 20.7. The van der Waals surface area contributed by atoms with Crippen LogP contribution >= 0.6 is 23.2 Å². The Labute approximate surface area is 661 Å². The summed E-state index contributed by atoms with van der Waals surface area (Å²) in [4.78, 5) is 85.1. The Kier molecular flexibility index (Phi) is 31.4. The Balaban J connectivity index is 0.000000245. The van der Waals surface area contributed by atoms with Crippen LogP contribution in [-0.2, 0) is 63.9 Å². The summed E-state index contributed by atoms with van der Waals surface area (Å²) in [6.07, 6.45) is -2.84. The second-order valence-corrected chi connectivity index (χ2v) is 31.9. The number of methoxy groups -OCH3 is 2. The van der Waals surface area contributed by atoms with Crippen LogP contribution in [0.2, 0.25) is 10.0 Å². The molecule has 592 valence electrons. The highest BCUT2D eigenvalue weighted by Crippen LogP contribution is 2.37. The smallest absolute Gasteiger partial charge is 0.307 e. The molecule has 10 rings (SSSR count). The number of aliphatic hydroxyl groups is 4. The molecule has 0 unspecified atom stereocenters. The predicted molar refractivity (Wildman–Crippen MR) is 429 cm³/mol. The van der Waals surface area contributed by atoms with E-state index in [2.05, 4.69) is 54.9 Å². The van der Waals surface area contributed by atoms with Crippen molar-refractivity contribution in [3.05, 3.63) is 236 Å². The number of carboxylic acid groups (broad SMARTS) is 1. The van der Waals surface area contributed by atoms with Gasteiger partial charge in [-0.3, -0.25) is 38.7 Å². The number of aliphatic hydroxyl groups excluding tert-OH is 4. The minimum absolute atomic E-state index is 0.0112. The number of nitrogens with one attached hydrogen (secondary N) is 3. The van der Waals surface area contributed by atoms with Crippen molar-refractivity contribution in [1.29, 1.82) is 0 Å². The van der Waals surface area contributed by atoms with Crippen molar-refractivity contribution in [2.24, 2.45) is 40.2 Å². The fourth-order valence-electron chi connectivity index (χ4n) is 13.9. The van der Waals surface area contributed by atoms with E-state index < -0.39 is 107 Å². The molecule has 2 aromatic heterocycles. The van der Waals surface area contributed by atoms with Gasteiger partial charge in [-0.25, -0.2) is 0 Å². The zero-order valence-corrected chi connectivity index (χ0v) is 66.7. The first-order chi connectivity index (χ1) is 52.5. The van der Waals surface area contributed by atoms with Gasteiger partial charge in [0, 0.05) is 61.8 Å². The summed E-state index contributed by atoms with van der Waals surface area (Å²) in [5.41, 5.74) is 18.3. The van der Waals surface area contributed by atoms with Crippen LogP contribution in [0, 0.1) is 62.2 Å². The van der Waals surface area contributed by atoms with E-state index in [4.69, 9.17) is 48.3 Å². The number of pyridine rings is 2. The molecule has 10 N–H and O–H groups in total. The van der Waals surface area contributed by atoms with Crippen LogP contribution in [0.1, 0.15) is 135 Å². The number of nitrogens with two attached hydrogens (primary N) is 1. The molecular weight excluding hydrogens is 1450 g/mol. The predicted octanol–water partition coefficient (Wildman–Crippen LogP) is 12.9. The Morgan fingerprint density at radius 2 is 0.883 bits per heavy atom. The minimum atomic E-state index is -1.20. The first-order valence-electron chi connectivity index (χ1n) is 37.3. The molecule has 0 fully saturated rings. The summed E-state index contributed by atoms with van der Waals surface area (Å²) in [6.45, 7) is 18.9. The SMILES string of the molecule is COC(=O)C[C@H](C(=O)N[C@@H](Cc1ccc(-c2cc(C)nc(C)c2)cc1)[C@@H](O)C[C@@H](Cc1cccc(Cl)c1)C(=O)N[C@H]1c2ccccc2OC[C@H]1O)C(C)(C)C.COC(=O)C[C@H](C(=O)O)C(C)(C)C.Cc1cc(-c2ccc(C[C@H](N)[C@@H](O)C[C@@H](Cc3cccc(Cl)c3)C(=O)N[C@H]3c4ccccc4OC[C@H]3O)cc2)cc(C)n1. The Hall–Kier alpha value is -9.58. The monoisotopic (exact) mass is 1560 g/mol. The zero-order chi connectivity index (χ0) is 81.0. The van der Waals surface area contributed by atoms with Crippen LogP contribution in [0.25, 0.3) is 22.3 Å². The lowest BCUT2D eigenvalue weighted by molar-refractivity contribution is -0.153. The number of halogens is 2. The number of hydrogen-bond acceptors (Lipinski definition) is 17. The number of benzene rings is 6. The first kappa shape index (κ1) is 87.0. The number of fused-ring (bicyclic) bond motifs is 2. The third kappa shape index (κ3) is 25.7. The topological polar surface area (TPSA) is 328 Å². The zero-order valence-electron chi connectivity index (χ0n) is 65.2. The maximum atomic E-state index is 14.3. The van der Waals surface area contributed by atoms with Gasteiger partial charge in [0.1, 0.15) is 36.9 Å². The van der Waals surface area contributed by atoms with Crippen LogP contribution in [-0.4, -0.2) is 135 Å². The van der Waals surface area contributed by atoms with Crippen molar-refractivity contribution >= 4 is 58.8 Å². The standard InChI is InChI=1S/C44H52ClN3O7.C35H38ClN3O4.C9H16O4/c1-26-18-31(19-27(2)46-26)30-16-14-28(15-17-30)22-36(47-43(53)35(44(3,4)5)24-40(51)54-6)37(49)23-32(20-29-10-9-11-33(45)21-29)42(52)48-41-34-12-7-8-13-39(34)55-25-38(41)50;1-21-14-26(15-22(2)38-21)25-12-10-23(11-13-25)18-30(37)31(40)19-27(16-24-6-5-7-28(36)17-24)35(42)39-34-29-8-3-4-9-33(29)43-20-32(34)41;1-9(2,3)6(8(11)12)5-7(10)13-4/h7-19,21,32,35-38,41,49-50H,20,22-25H2,1-6H3,(H,47,53)(H,48,52);3-15,17,27,30-32,34,40-41H,16,18-20,37H2,1-2H3,(H,39,42);6H,5H2,1-4H3,(H,11,12)/t32-,35-,36+,37+,38-,41+;27-,30+,31+,32-,34+;6-/m111/s1. The van der Waals surface area contributed by atoms with Crippen LogP contribution in [0.4, 0.5) is 0 Å². The average molecular weight is 1560 g/mol. The van der Waals surface area contributed by atoms with E-state index in [1.54, 1.807) is 57.2 Å². The number of rotatable bonds is 27. The molecule has 0 aliphatic carbocycles. The van der Waals surface area contributed by atoms with Crippen LogP contribution < -0.4 is 31.2 Å². The molecule has 2 aliphatic heterocycles. The summed E-state index contributed by atoms with van der Waals surface area (Å²) in [5.74, 6) is -4.66. The van der Waals surface area contributed by atoms with Gasteiger partial charge >= 0.3 is 17.9 Å². The fourth-order valence-corrected chi connectivity index (χ4v) is 14.3. The second-order valence-electron chi connectivity index (χ2n) is 31.1. The number of hydrogen-bond donors (Lipinski definition) is 9. The number of carbonyl (C=O) groups is 6. The largest absolute Gasteiger partial charge is 0.490 e. The molecule has 4 heterocycles. The third-order valence-corrected chi connectivity index (χ3v) is 20.6. The molecule has 0 saturated carbocycles. The molecule has 0 saturated heterocycles. The molecule has 12 atom stereocenters. The minimum Gasteiger partial charge on any atom is -0.490 e. The lowest BCUT2D eigenvalue weighted by Crippen LogP contribution is -2.51. The van der Waals surface area contributed by atoms with Crippen molar-refractivity contribution in [2.45, 2.75) is 169 Å². The van der Waals surface area contributed by atoms with Crippen molar-refractivity contribution in [3.8, 4) is 33.8 Å². The number of nitrogens with zero attached hydrogens (tertiary/aromatic N) is 2. The average Bonchev–Trinajstić information content (AvgIpc) is 0.838. The maximum Gasteiger partial charge on any atom is 0.307 e. The Bertz CT molecular complexity index is 4430. The van der Waals surface area contributed by atoms with Gasteiger partial charge in [-0.15, -0.1) is 0 Å². The van der Waals surface area contributed by atoms with Gasteiger partial charge in [-0.05, 0) is 182 Å². The number of carboxylic acids is 1. The van der Waals surface area contributed by atoms with Gasteiger partial charge < -0.3 is 66.2 Å².